The monoisotopic (exact) mass is 526 g/mol. The molecule has 2 aromatic carbocycles. The smallest absolute Gasteiger partial charge is 0.358 e. The first-order valence-electron chi connectivity index (χ1n) is 11.9. The van der Waals surface area contributed by atoms with Crippen molar-refractivity contribution in [2.24, 2.45) is 5.73 Å². The van der Waals surface area contributed by atoms with Gasteiger partial charge in [-0.15, -0.1) is 0 Å². The molecule has 1 aromatic heterocycles. The Morgan fingerprint density at radius 3 is 2.53 bits per heavy atom. The number of carbonyl (C=O) groups excluding carboxylic acids is 1. The van der Waals surface area contributed by atoms with Gasteiger partial charge in [-0.2, -0.15) is 0 Å². The van der Waals surface area contributed by atoms with Gasteiger partial charge in [0.2, 0.25) is 11.7 Å². The van der Waals surface area contributed by atoms with Gasteiger partial charge in [-0.1, -0.05) is 36.4 Å². The highest BCUT2D eigenvalue weighted by molar-refractivity contribution is 5.91. The number of benzene rings is 2. The average molecular weight is 527 g/mol. The summed E-state index contributed by atoms with van der Waals surface area (Å²) < 4.78 is 25.5. The highest BCUT2D eigenvalue weighted by Gasteiger charge is 2.34. The minimum atomic E-state index is -1.31. The number of nitrogens with zero attached hydrogens (tertiary/aromatic N) is 3. The maximum absolute atomic E-state index is 12.9. The van der Waals surface area contributed by atoms with E-state index in [1.165, 1.54) is 28.5 Å². The van der Waals surface area contributed by atoms with Gasteiger partial charge in [-0.25, -0.2) is 14.2 Å². The van der Waals surface area contributed by atoms with E-state index in [2.05, 4.69) is 4.98 Å². The second-order valence-electron chi connectivity index (χ2n) is 9.06. The van der Waals surface area contributed by atoms with Gasteiger partial charge in [-0.05, 0) is 37.1 Å². The lowest BCUT2D eigenvalue weighted by atomic mass is 10.1. The maximum atomic E-state index is 12.9. The molecule has 1 aliphatic heterocycles. The van der Waals surface area contributed by atoms with Crippen LogP contribution in [-0.4, -0.2) is 40.2 Å². The number of hydrogen-bond acceptors (Lipinski definition) is 7. The Labute approximate surface area is 219 Å². The number of carboxylic acid groups (broad SMARTS) is 1. The molecule has 10 nitrogen and oxygen atoms in total. The van der Waals surface area contributed by atoms with Crippen LogP contribution in [0.2, 0.25) is 0 Å². The van der Waals surface area contributed by atoms with Gasteiger partial charge in [0.1, 0.15) is 23.8 Å². The van der Waals surface area contributed by atoms with Crippen molar-refractivity contribution in [3.8, 4) is 5.75 Å². The number of carbonyl (C=O) groups is 2. The first-order valence-corrected chi connectivity index (χ1v) is 11.9. The Morgan fingerprint density at radius 2 is 1.92 bits per heavy atom. The van der Waals surface area contributed by atoms with E-state index in [0.717, 1.165) is 11.1 Å². The van der Waals surface area contributed by atoms with Crippen molar-refractivity contribution in [2.75, 3.05) is 18.6 Å². The van der Waals surface area contributed by atoms with Crippen LogP contribution in [0.5, 0.6) is 5.75 Å². The van der Waals surface area contributed by atoms with E-state index in [1.54, 1.807) is 27.0 Å². The molecule has 11 heteroatoms. The summed E-state index contributed by atoms with van der Waals surface area (Å²) in [5.74, 6) is -1.77. The number of fused-ring (bicyclic) bond motifs is 1. The predicted octanol–water partition coefficient (Wildman–Crippen LogP) is 3.05. The summed E-state index contributed by atoms with van der Waals surface area (Å²) >= 11 is 0. The van der Waals surface area contributed by atoms with Crippen molar-refractivity contribution >= 4 is 17.6 Å². The minimum absolute atomic E-state index is 0.0945. The van der Waals surface area contributed by atoms with E-state index >= 15 is 0 Å². The Balaban J connectivity index is 0.000000244. The lowest BCUT2D eigenvalue weighted by Gasteiger charge is -2.32. The van der Waals surface area contributed by atoms with Crippen molar-refractivity contribution in [1.29, 1.82) is 0 Å². The van der Waals surface area contributed by atoms with Crippen molar-refractivity contribution in [3.63, 3.8) is 0 Å². The Hall–Kier alpha value is -4.09. The summed E-state index contributed by atoms with van der Waals surface area (Å²) in [6.45, 7) is 5.97. The van der Waals surface area contributed by atoms with Gasteiger partial charge in [0.05, 0.1) is 18.8 Å². The largest absolute Gasteiger partial charge is 0.481 e. The van der Waals surface area contributed by atoms with Gasteiger partial charge < -0.3 is 25.2 Å². The minimum Gasteiger partial charge on any atom is -0.481 e. The topological polar surface area (TPSA) is 137 Å². The molecule has 0 fully saturated rings. The molecule has 0 atom stereocenters. The molecule has 0 aliphatic carbocycles. The molecule has 1 aliphatic rings. The van der Waals surface area contributed by atoms with Crippen LogP contribution in [-0.2, 0) is 34.8 Å². The third-order valence-corrected chi connectivity index (χ3v) is 5.97. The summed E-state index contributed by atoms with van der Waals surface area (Å²) in [6.07, 6.45) is 0. The number of hydrogen-bond donors (Lipinski definition) is 2. The number of ether oxygens (including phenoxy) is 2. The number of amides is 1. The summed E-state index contributed by atoms with van der Waals surface area (Å²) in [4.78, 5) is 40.9. The van der Waals surface area contributed by atoms with Gasteiger partial charge in [0, 0.05) is 20.5 Å². The molecule has 0 radical (unpaired) electrons. The molecule has 3 N–H and O–H groups in total. The molecule has 0 saturated heterocycles. The lowest BCUT2D eigenvalue weighted by molar-refractivity contribution is -0.116. The van der Waals surface area contributed by atoms with Gasteiger partial charge in [-0.3, -0.25) is 14.2 Å². The molecular weight excluding hydrogens is 495 g/mol. The van der Waals surface area contributed by atoms with Crippen molar-refractivity contribution in [3.05, 3.63) is 87.3 Å². The number of aromatic carboxylic acids is 1. The van der Waals surface area contributed by atoms with Crippen LogP contribution in [0.25, 0.3) is 0 Å². The van der Waals surface area contributed by atoms with Crippen molar-refractivity contribution in [1.82, 2.24) is 9.55 Å². The number of aromatic nitrogens is 2. The van der Waals surface area contributed by atoms with Crippen LogP contribution in [0.4, 0.5) is 10.1 Å². The van der Waals surface area contributed by atoms with Crippen molar-refractivity contribution < 1.29 is 28.6 Å². The number of rotatable bonds is 6. The molecule has 202 valence electrons. The molecule has 38 heavy (non-hydrogen) atoms. The maximum Gasteiger partial charge on any atom is 0.358 e. The van der Waals surface area contributed by atoms with E-state index in [9.17, 15) is 23.9 Å². The van der Waals surface area contributed by atoms with E-state index in [4.69, 9.17) is 15.2 Å². The van der Waals surface area contributed by atoms with E-state index in [0.29, 0.717) is 24.7 Å². The number of nitrogens with two attached hydrogens (primary N) is 1. The molecule has 3 aromatic rings. The summed E-state index contributed by atoms with van der Waals surface area (Å²) in [7, 11) is 1.59. The number of halogens is 1. The second kappa shape index (κ2) is 12.0. The van der Waals surface area contributed by atoms with Crippen LogP contribution in [0.3, 0.4) is 0 Å². The average Bonchev–Trinajstić information content (AvgIpc) is 2.88. The molecular formula is C27H31FN4O6. The van der Waals surface area contributed by atoms with Crippen LogP contribution < -0.4 is 20.9 Å². The van der Waals surface area contributed by atoms with Crippen LogP contribution in [0.15, 0.2) is 53.3 Å². The molecule has 4 rings (SSSR count). The quantitative estimate of drug-likeness (QED) is 0.500. The fourth-order valence-corrected chi connectivity index (χ4v) is 3.86. The number of carboxylic acids is 1. The first kappa shape index (κ1) is 28.5. The first-order chi connectivity index (χ1) is 18.0. The van der Waals surface area contributed by atoms with Crippen molar-refractivity contribution in [2.45, 2.75) is 46.1 Å². The fraction of sp³-hybridized carbons (Fsp3) is 0.333. The SMILES string of the molecule is CC(=O)N(C)c1cc(F)ccc1CN.CC1(C)OCCn2c1nc(C(=O)O)c(OCc1ccccc1)c2=O. The Kier molecular flexibility index (Phi) is 8.97. The molecule has 2 heterocycles. The van der Waals surface area contributed by atoms with Gasteiger partial charge >= 0.3 is 5.97 Å². The van der Waals surface area contributed by atoms with Crippen LogP contribution >= 0.6 is 0 Å². The molecule has 0 saturated carbocycles. The van der Waals surface area contributed by atoms with Crippen LogP contribution in [0, 0.1) is 5.82 Å². The molecule has 0 bridgehead atoms. The zero-order chi connectivity index (χ0) is 28.0. The van der Waals surface area contributed by atoms with Gasteiger partial charge in [0.15, 0.2) is 5.69 Å². The third-order valence-electron chi connectivity index (χ3n) is 5.97. The predicted molar refractivity (Wildman–Crippen MR) is 139 cm³/mol. The normalized spacial score (nSPS) is 13.5. The molecule has 0 unspecified atom stereocenters. The molecule has 0 spiro atoms. The fourth-order valence-electron chi connectivity index (χ4n) is 3.86. The summed E-state index contributed by atoms with van der Waals surface area (Å²) in [5.41, 5.74) is 5.88. The zero-order valence-electron chi connectivity index (χ0n) is 21.7. The standard InChI is InChI=1S/C17H18N2O5.C10H13FN2O/c1-17(2)16-18-12(15(21)22)13(14(20)19(16)8-9-24-17)23-10-11-6-4-3-5-7-11;1-7(14)13(2)10-5-9(11)4-3-8(10)6-12/h3-7H,8-10H2,1-2H3,(H,21,22);3-5H,6,12H2,1-2H3. The summed E-state index contributed by atoms with van der Waals surface area (Å²) in [5, 5.41) is 9.43. The highest BCUT2D eigenvalue weighted by atomic mass is 19.1. The van der Waals surface area contributed by atoms with E-state index in [1.807, 2.05) is 30.3 Å². The molecule has 1 amide bonds. The van der Waals surface area contributed by atoms with Crippen LogP contribution in [0.1, 0.15) is 48.2 Å². The zero-order valence-corrected chi connectivity index (χ0v) is 21.7. The van der Waals surface area contributed by atoms with E-state index in [-0.39, 0.29) is 36.3 Å². The van der Waals surface area contributed by atoms with E-state index < -0.39 is 17.1 Å². The second-order valence-corrected chi connectivity index (χ2v) is 9.06. The summed E-state index contributed by atoms with van der Waals surface area (Å²) in [6, 6.07) is 13.4. The van der Waals surface area contributed by atoms with Gasteiger partial charge in [0.25, 0.3) is 5.56 Å². The Morgan fingerprint density at radius 1 is 1.24 bits per heavy atom. The lowest BCUT2D eigenvalue weighted by Crippen LogP contribution is -2.42. The third kappa shape index (κ3) is 6.42. The Bertz CT molecular complexity index is 1370. The number of anilines is 1. The highest BCUT2D eigenvalue weighted by Crippen LogP contribution is 2.28.